The van der Waals surface area contributed by atoms with Crippen molar-refractivity contribution in [2.45, 2.75) is 44.4 Å². The van der Waals surface area contributed by atoms with Gasteiger partial charge in [0.1, 0.15) is 24.0 Å². The lowest BCUT2D eigenvalue weighted by Crippen LogP contribution is -2.48. The molecule has 1 N–H and O–H groups in total. The van der Waals surface area contributed by atoms with Crippen LogP contribution in [0.3, 0.4) is 0 Å². The summed E-state index contributed by atoms with van der Waals surface area (Å²) in [5, 5.41) is 3.53. The minimum Gasteiger partial charge on any atom is -0.492 e. The van der Waals surface area contributed by atoms with Gasteiger partial charge < -0.3 is 9.47 Å². The Morgan fingerprint density at radius 1 is 1.00 bits per heavy atom. The molecule has 0 aliphatic carbocycles. The first-order valence-electron chi connectivity index (χ1n) is 11.8. The molecule has 0 unspecified atom stereocenters. The number of Topliss-reactive ketones (excluding diaryl/α,β-unsaturated/α-hetero) is 1. The summed E-state index contributed by atoms with van der Waals surface area (Å²) in [5.41, 5.74) is 0.631. The van der Waals surface area contributed by atoms with E-state index in [1.807, 2.05) is 93.6 Å². The molecule has 5 nitrogen and oxygen atoms in total. The highest BCUT2D eigenvalue weighted by Crippen LogP contribution is 2.57. The van der Waals surface area contributed by atoms with E-state index >= 15 is 0 Å². The fraction of sp³-hybridized carbons (Fsp3) is 0.310. The van der Waals surface area contributed by atoms with Crippen LogP contribution in [0.2, 0.25) is 0 Å². The molecule has 0 bridgehead atoms. The van der Waals surface area contributed by atoms with E-state index in [1.54, 1.807) is 6.07 Å². The number of esters is 1. The molecule has 0 aromatic heterocycles. The summed E-state index contributed by atoms with van der Waals surface area (Å²) in [7, 11) is 0. The molecule has 2 heterocycles. The molecule has 3 aromatic rings. The number of carbonyl (C=O) groups excluding carboxylic acids is 2. The van der Waals surface area contributed by atoms with Crippen molar-refractivity contribution < 1.29 is 19.1 Å². The minimum absolute atomic E-state index is 0.0347. The van der Waals surface area contributed by atoms with Crippen molar-refractivity contribution in [1.29, 1.82) is 0 Å². The number of hydrogen-bond donors (Lipinski definition) is 1. The maximum atomic E-state index is 14.5. The Balaban J connectivity index is 1.72. The highest BCUT2D eigenvalue weighted by Gasteiger charge is 2.64. The fourth-order valence-corrected chi connectivity index (χ4v) is 5.76. The zero-order chi connectivity index (χ0) is 24.8. The number of nitrogens with one attached hydrogen (secondary N) is 1. The van der Waals surface area contributed by atoms with E-state index in [0.29, 0.717) is 11.3 Å². The predicted molar refractivity (Wildman–Crippen MR) is 138 cm³/mol. The summed E-state index contributed by atoms with van der Waals surface area (Å²) < 4.78 is 13.0. The number of carbonyl (C=O) groups is 2. The second kappa shape index (κ2) is 8.92. The van der Waals surface area contributed by atoms with E-state index in [2.05, 4.69) is 21.2 Å². The Labute approximate surface area is 214 Å². The van der Waals surface area contributed by atoms with Crippen molar-refractivity contribution in [3.05, 3.63) is 100 Å². The van der Waals surface area contributed by atoms with Gasteiger partial charge in [0.25, 0.3) is 0 Å². The molecular weight excluding hydrogens is 506 g/mol. The van der Waals surface area contributed by atoms with Crippen LogP contribution in [0.5, 0.6) is 5.75 Å². The molecule has 0 radical (unpaired) electrons. The third kappa shape index (κ3) is 4.19. The van der Waals surface area contributed by atoms with Crippen molar-refractivity contribution in [3.8, 4) is 5.75 Å². The summed E-state index contributed by atoms with van der Waals surface area (Å²) in [5.74, 6) is -0.353. The maximum Gasteiger partial charge on any atom is 0.324 e. The summed E-state index contributed by atoms with van der Waals surface area (Å²) >= 11 is 3.47. The molecule has 4 atom stereocenters. The topological polar surface area (TPSA) is 64.6 Å². The van der Waals surface area contributed by atoms with Crippen LogP contribution >= 0.6 is 15.9 Å². The van der Waals surface area contributed by atoms with E-state index in [9.17, 15) is 9.59 Å². The fourth-order valence-electron chi connectivity index (χ4n) is 5.42. The van der Waals surface area contributed by atoms with Gasteiger partial charge in [0.05, 0.1) is 11.0 Å². The van der Waals surface area contributed by atoms with E-state index in [0.717, 1.165) is 15.6 Å². The van der Waals surface area contributed by atoms with Crippen LogP contribution < -0.4 is 10.1 Å². The van der Waals surface area contributed by atoms with Gasteiger partial charge >= 0.3 is 5.97 Å². The summed E-state index contributed by atoms with van der Waals surface area (Å²) in [6.07, 6.45) is 0. The molecule has 5 rings (SSSR count). The van der Waals surface area contributed by atoms with Crippen molar-refractivity contribution >= 4 is 27.7 Å². The number of hydrogen-bond acceptors (Lipinski definition) is 5. The molecule has 1 spiro atoms. The molecule has 35 heavy (non-hydrogen) atoms. The van der Waals surface area contributed by atoms with Crippen molar-refractivity contribution in [3.63, 3.8) is 0 Å². The summed E-state index contributed by atoms with van der Waals surface area (Å²) in [4.78, 5) is 28.1. The van der Waals surface area contributed by atoms with Gasteiger partial charge in [-0.05, 0) is 50.1 Å². The van der Waals surface area contributed by atoms with Gasteiger partial charge in [0.2, 0.25) is 0 Å². The first-order chi connectivity index (χ1) is 16.7. The SMILES string of the molecule is CC(C)(C)OC(=O)[C@H]1N[C@@H](c2ccccc2)[C@]2(COc3cc(Br)ccc3C2=O)[C@@H]1c1ccccc1. The van der Waals surface area contributed by atoms with E-state index in [1.165, 1.54) is 0 Å². The Kier molecular flexibility index (Phi) is 6.06. The molecular formula is C29H28BrNO4. The summed E-state index contributed by atoms with van der Waals surface area (Å²) in [6.45, 7) is 5.70. The average Bonchev–Trinajstić information content (AvgIpc) is 3.18. The van der Waals surface area contributed by atoms with Crippen molar-refractivity contribution in [2.75, 3.05) is 6.61 Å². The first kappa shape index (κ1) is 23.8. The van der Waals surface area contributed by atoms with Crippen LogP contribution in [0.25, 0.3) is 0 Å². The van der Waals surface area contributed by atoms with Crippen LogP contribution in [0, 0.1) is 5.41 Å². The number of benzene rings is 3. The zero-order valence-corrected chi connectivity index (χ0v) is 21.5. The van der Waals surface area contributed by atoms with Crippen LogP contribution in [0.1, 0.15) is 54.2 Å². The Hall–Kier alpha value is -2.96. The normalized spacial score (nSPS) is 25.7. The molecule has 0 saturated carbocycles. The van der Waals surface area contributed by atoms with Crippen molar-refractivity contribution in [2.24, 2.45) is 5.41 Å². The standard InChI is InChI=1S/C29H28BrNO4/c1-28(2,3)35-27(33)24-23(18-10-6-4-7-11-18)29(25(31-24)19-12-8-5-9-13-19)17-34-22-16-20(30)14-15-21(22)26(29)32/h4-16,23-25,31H,17H2,1-3H3/t23-,24+,25+,29+/m1/s1. The maximum absolute atomic E-state index is 14.5. The smallest absolute Gasteiger partial charge is 0.324 e. The second-order valence-corrected chi connectivity index (χ2v) is 11.1. The highest BCUT2D eigenvalue weighted by molar-refractivity contribution is 9.10. The van der Waals surface area contributed by atoms with Gasteiger partial charge in [-0.15, -0.1) is 0 Å². The molecule has 6 heteroatoms. The second-order valence-electron chi connectivity index (χ2n) is 10.2. The quantitative estimate of drug-likeness (QED) is 0.428. The van der Waals surface area contributed by atoms with Gasteiger partial charge in [0.15, 0.2) is 5.78 Å². The van der Waals surface area contributed by atoms with Gasteiger partial charge in [-0.3, -0.25) is 14.9 Å². The van der Waals surface area contributed by atoms with E-state index in [4.69, 9.17) is 9.47 Å². The molecule has 180 valence electrons. The third-order valence-electron chi connectivity index (χ3n) is 6.78. The monoisotopic (exact) mass is 533 g/mol. The number of halogens is 1. The van der Waals surface area contributed by atoms with E-state index in [-0.39, 0.29) is 18.4 Å². The average molecular weight is 534 g/mol. The Morgan fingerprint density at radius 3 is 2.26 bits per heavy atom. The third-order valence-corrected chi connectivity index (χ3v) is 7.27. The number of ether oxygens (including phenoxy) is 2. The Morgan fingerprint density at radius 2 is 1.63 bits per heavy atom. The molecule has 3 aromatic carbocycles. The number of fused-ring (bicyclic) bond motifs is 1. The lowest BCUT2D eigenvalue weighted by Gasteiger charge is -2.42. The van der Waals surface area contributed by atoms with Gasteiger partial charge in [0, 0.05) is 16.4 Å². The summed E-state index contributed by atoms with van der Waals surface area (Å²) in [6, 6.07) is 23.9. The first-order valence-corrected chi connectivity index (χ1v) is 12.6. The lowest BCUT2D eigenvalue weighted by molar-refractivity contribution is -0.157. The molecule has 2 aliphatic heterocycles. The van der Waals surface area contributed by atoms with Crippen molar-refractivity contribution in [1.82, 2.24) is 5.32 Å². The largest absolute Gasteiger partial charge is 0.492 e. The Bertz CT molecular complexity index is 1250. The van der Waals surface area contributed by atoms with Crippen LogP contribution in [0.15, 0.2) is 83.3 Å². The van der Waals surface area contributed by atoms with Crippen LogP contribution in [0.4, 0.5) is 0 Å². The lowest BCUT2D eigenvalue weighted by atomic mass is 9.62. The molecule has 1 fully saturated rings. The molecule has 2 aliphatic rings. The van der Waals surface area contributed by atoms with Gasteiger partial charge in [-0.25, -0.2) is 0 Å². The number of rotatable bonds is 3. The van der Waals surface area contributed by atoms with Gasteiger partial charge in [-0.1, -0.05) is 76.6 Å². The number of ketones is 1. The molecule has 1 saturated heterocycles. The minimum atomic E-state index is -1.05. The van der Waals surface area contributed by atoms with Crippen LogP contribution in [-0.2, 0) is 9.53 Å². The van der Waals surface area contributed by atoms with Gasteiger partial charge in [-0.2, -0.15) is 0 Å². The highest BCUT2D eigenvalue weighted by atomic mass is 79.9. The predicted octanol–water partition coefficient (Wildman–Crippen LogP) is 5.85. The molecule has 0 amide bonds. The zero-order valence-electron chi connectivity index (χ0n) is 20.0. The van der Waals surface area contributed by atoms with E-state index < -0.39 is 29.0 Å². The van der Waals surface area contributed by atoms with Crippen LogP contribution in [-0.4, -0.2) is 30.0 Å².